The Balaban J connectivity index is 1.33. The second-order valence-corrected chi connectivity index (χ2v) is 7.06. The number of aliphatic imine (C=N–C) groups is 1. The average Bonchev–Trinajstić information content (AvgIpc) is 2.96. The number of nitrogens with zero attached hydrogens (tertiary/aromatic N) is 7. The summed E-state index contributed by atoms with van der Waals surface area (Å²) in [5.74, 6) is 4.12. The zero-order valence-electron chi connectivity index (χ0n) is 16.0. The van der Waals surface area contributed by atoms with Crippen LogP contribution in [0.1, 0.15) is 30.9 Å². The molecule has 2 aliphatic rings. The summed E-state index contributed by atoms with van der Waals surface area (Å²) in [4.78, 5) is 13.6. The summed E-state index contributed by atoms with van der Waals surface area (Å²) in [6.07, 6.45) is 6.59. The first-order chi connectivity index (χ1) is 13.3. The van der Waals surface area contributed by atoms with Crippen LogP contribution in [0, 0.1) is 0 Å². The third-order valence-electron chi connectivity index (χ3n) is 5.36. The van der Waals surface area contributed by atoms with Gasteiger partial charge in [0.1, 0.15) is 11.6 Å². The molecule has 8 nitrogen and oxygen atoms in total. The van der Waals surface area contributed by atoms with Crippen molar-refractivity contribution in [3.63, 3.8) is 0 Å². The molecule has 0 saturated carbocycles. The number of anilines is 1. The lowest BCUT2D eigenvalue weighted by atomic mass is 10.2. The first-order valence-electron chi connectivity index (χ1n) is 9.87. The van der Waals surface area contributed by atoms with E-state index in [9.17, 15) is 0 Å². The zero-order valence-corrected chi connectivity index (χ0v) is 16.0. The van der Waals surface area contributed by atoms with Gasteiger partial charge in [-0.2, -0.15) is 0 Å². The van der Waals surface area contributed by atoms with Gasteiger partial charge in [0.2, 0.25) is 0 Å². The molecule has 8 heteroatoms. The molecule has 4 rings (SSSR count). The standard InChI is InChI=1S/C19H28N8/c1-20-19(22-15-18-24-23-17-8-3-2-6-10-27(17)18)26-13-11-25(12-14-26)16-7-4-5-9-21-16/h4-5,7,9H,2-3,6,8,10-15H2,1H3,(H,20,22). The van der Waals surface area contributed by atoms with Crippen LogP contribution in [0.25, 0.3) is 0 Å². The molecule has 0 aromatic carbocycles. The Morgan fingerprint density at radius 2 is 1.96 bits per heavy atom. The fraction of sp³-hybridized carbons (Fsp3) is 0.579. The minimum Gasteiger partial charge on any atom is -0.353 e. The van der Waals surface area contributed by atoms with E-state index >= 15 is 0 Å². The van der Waals surface area contributed by atoms with E-state index in [0.29, 0.717) is 6.54 Å². The van der Waals surface area contributed by atoms with Gasteiger partial charge in [-0.25, -0.2) is 4.98 Å². The number of fused-ring (bicyclic) bond motifs is 1. The SMILES string of the molecule is CN=C(NCc1nnc2n1CCCCC2)N1CCN(c2ccccn2)CC1. The van der Waals surface area contributed by atoms with Gasteiger partial charge in [0, 0.05) is 52.4 Å². The van der Waals surface area contributed by atoms with Crippen LogP contribution in [-0.4, -0.2) is 63.8 Å². The molecular weight excluding hydrogens is 340 g/mol. The maximum absolute atomic E-state index is 4.48. The molecule has 0 bridgehead atoms. The van der Waals surface area contributed by atoms with Crippen LogP contribution in [0.15, 0.2) is 29.4 Å². The molecule has 1 fully saturated rings. The molecule has 1 saturated heterocycles. The topological polar surface area (TPSA) is 74.5 Å². The Kier molecular flexibility index (Phi) is 5.50. The van der Waals surface area contributed by atoms with E-state index < -0.39 is 0 Å². The molecule has 0 spiro atoms. The van der Waals surface area contributed by atoms with Gasteiger partial charge >= 0.3 is 0 Å². The summed E-state index contributed by atoms with van der Waals surface area (Å²) in [6.45, 7) is 5.43. The highest BCUT2D eigenvalue weighted by molar-refractivity contribution is 5.80. The summed E-state index contributed by atoms with van der Waals surface area (Å²) >= 11 is 0. The second-order valence-electron chi connectivity index (χ2n) is 7.06. The zero-order chi connectivity index (χ0) is 18.5. The number of rotatable bonds is 3. The van der Waals surface area contributed by atoms with Gasteiger partial charge in [0.15, 0.2) is 11.8 Å². The Morgan fingerprint density at radius 3 is 2.74 bits per heavy atom. The second kappa shape index (κ2) is 8.37. The maximum atomic E-state index is 4.48. The fourth-order valence-corrected chi connectivity index (χ4v) is 3.85. The molecule has 2 aromatic rings. The van der Waals surface area contributed by atoms with Crippen molar-refractivity contribution in [1.82, 2.24) is 30.0 Å². The summed E-state index contributed by atoms with van der Waals surface area (Å²) in [7, 11) is 1.85. The van der Waals surface area contributed by atoms with Gasteiger partial charge in [0.25, 0.3) is 0 Å². The lowest BCUT2D eigenvalue weighted by Gasteiger charge is -2.37. The summed E-state index contributed by atoms with van der Waals surface area (Å²) < 4.78 is 2.28. The van der Waals surface area contributed by atoms with Crippen molar-refractivity contribution in [2.24, 2.45) is 4.99 Å². The van der Waals surface area contributed by atoms with E-state index in [1.54, 1.807) is 0 Å². The molecule has 0 atom stereocenters. The van der Waals surface area contributed by atoms with Gasteiger partial charge in [-0.1, -0.05) is 12.5 Å². The lowest BCUT2D eigenvalue weighted by molar-refractivity contribution is 0.370. The summed E-state index contributed by atoms with van der Waals surface area (Å²) in [5, 5.41) is 12.3. The molecule has 1 N–H and O–H groups in total. The van der Waals surface area contributed by atoms with Gasteiger partial charge in [-0.05, 0) is 25.0 Å². The predicted molar refractivity (Wildman–Crippen MR) is 106 cm³/mol. The molecular formula is C19H28N8. The van der Waals surface area contributed by atoms with Crippen LogP contribution in [0.5, 0.6) is 0 Å². The highest BCUT2D eigenvalue weighted by atomic mass is 15.4. The Hall–Kier alpha value is -2.64. The monoisotopic (exact) mass is 368 g/mol. The molecule has 144 valence electrons. The number of aromatic nitrogens is 4. The largest absolute Gasteiger partial charge is 0.353 e. The van der Waals surface area contributed by atoms with E-state index in [4.69, 9.17) is 0 Å². The van der Waals surface area contributed by atoms with Crippen LogP contribution in [-0.2, 0) is 19.5 Å². The van der Waals surface area contributed by atoms with Crippen molar-refractivity contribution in [1.29, 1.82) is 0 Å². The van der Waals surface area contributed by atoms with Crippen molar-refractivity contribution < 1.29 is 0 Å². The van der Waals surface area contributed by atoms with Crippen LogP contribution in [0.3, 0.4) is 0 Å². The van der Waals surface area contributed by atoms with E-state index in [2.05, 4.69) is 45.9 Å². The number of aryl methyl sites for hydroxylation is 1. The van der Waals surface area contributed by atoms with Crippen molar-refractivity contribution in [2.45, 2.75) is 38.8 Å². The number of piperazine rings is 1. The number of hydrogen-bond donors (Lipinski definition) is 1. The average molecular weight is 368 g/mol. The quantitative estimate of drug-likeness (QED) is 0.650. The number of pyridine rings is 1. The van der Waals surface area contributed by atoms with Crippen molar-refractivity contribution >= 4 is 11.8 Å². The Bertz CT molecular complexity index is 761. The highest BCUT2D eigenvalue weighted by Gasteiger charge is 2.21. The molecule has 0 radical (unpaired) electrons. The maximum Gasteiger partial charge on any atom is 0.194 e. The van der Waals surface area contributed by atoms with Crippen LogP contribution in [0.2, 0.25) is 0 Å². The Labute approximate surface area is 160 Å². The molecule has 0 aliphatic carbocycles. The van der Waals surface area contributed by atoms with Crippen molar-refractivity contribution in [2.75, 3.05) is 38.1 Å². The molecule has 0 unspecified atom stereocenters. The number of hydrogen-bond acceptors (Lipinski definition) is 5. The molecule has 4 heterocycles. The number of nitrogens with one attached hydrogen (secondary N) is 1. The lowest BCUT2D eigenvalue weighted by Crippen LogP contribution is -2.52. The smallest absolute Gasteiger partial charge is 0.194 e. The minimum absolute atomic E-state index is 0.667. The van der Waals surface area contributed by atoms with E-state index in [-0.39, 0.29) is 0 Å². The van der Waals surface area contributed by atoms with E-state index in [0.717, 1.165) is 62.6 Å². The van der Waals surface area contributed by atoms with Crippen LogP contribution < -0.4 is 10.2 Å². The first-order valence-corrected chi connectivity index (χ1v) is 9.87. The van der Waals surface area contributed by atoms with E-state index in [1.165, 1.54) is 19.3 Å². The van der Waals surface area contributed by atoms with Gasteiger partial charge in [-0.3, -0.25) is 4.99 Å². The van der Waals surface area contributed by atoms with Gasteiger partial charge in [0.05, 0.1) is 6.54 Å². The normalized spacial score (nSPS) is 18.2. The minimum atomic E-state index is 0.667. The Morgan fingerprint density at radius 1 is 1.07 bits per heavy atom. The van der Waals surface area contributed by atoms with Crippen LogP contribution in [0.4, 0.5) is 5.82 Å². The summed E-state index contributed by atoms with van der Waals surface area (Å²) in [6, 6.07) is 6.06. The number of guanidine groups is 1. The molecule has 27 heavy (non-hydrogen) atoms. The van der Waals surface area contributed by atoms with Crippen LogP contribution >= 0.6 is 0 Å². The first kappa shape index (κ1) is 17.8. The highest BCUT2D eigenvalue weighted by Crippen LogP contribution is 2.15. The third-order valence-corrected chi connectivity index (χ3v) is 5.36. The molecule has 0 amide bonds. The van der Waals surface area contributed by atoms with Crippen molar-refractivity contribution in [3.8, 4) is 0 Å². The van der Waals surface area contributed by atoms with E-state index in [1.807, 2.05) is 25.4 Å². The summed E-state index contributed by atoms with van der Waals surface area (Å²) in [5.41, 5.74) is 0. The predicted octanol–water partition coefficient (Wildman–Crippen LogP) is 1.30. The molecule has 2 aromatic heterocycles. The van der Waals surface area contributed by atoms with Gasteiger partial charge in [-0.15, -0.1) is 10.2 Å². The molecule has 2 aliphatic heterocycles. The van der Waals surface area contributed by atoms with Gasteiger partial charge < -0.3 is 19.7 Å². The van der Waals surface area contributed by atoms with Crippen molar-refractivity contribution in [3.05, 3.63) is 36.0 Å². The fourth-order valence-electron chi connectivity index (χ4n) is 3.85. The third kappa shape index (κ3) is 4.04.